The number of hydrogen-bond donors (Lipinski definition) is 7. The number of aliphatic hydroxyl groups is 1. The monoisotopic (exact) mass is 1120 g/mol. The molecular weight excluding hydrogens is 1030 g/mol. The summed E-state index contributed by atoms with van der Waals surface area (Å²) in [7, 11) is 6.14. The molecule has 0 spiro atoms. The lowest BCUT2D eigenvalue weighted by atomic mass is 9.89. The van der Waals surface area contributed by atoms with Gasteiger partial charge in [-0.15, -0.1) is 0 Å². The molecule has 0 bridgehead atoms. The summed E-state index contributed by atoms with van der Waals surface area (Å²) in [6, 6.07) is 10.4. The van der Waals surface area contributed by atoms with E-state index in [1.807, 2.05) is 59.7 Å². The summed E-state index contributed by atoms with van der Waals surface area (Å²) in [5.74, 6) is -4.12. The molecule has 8 N–H and O–H groups in total. The van der Waals surface area contributed by atoms with Gasteiger partial charge in [0.05, 0.1) is 48.8 Å². The molecule has 0 saturated carbocycles. The van der Waals surface area contributed by atoms with Crippen molar-refractivity contribution in [2.45, 2.75) is 176 Å². The number of aliphatic hydroxyl groups excluding tert-OH is 1. The minimum absolute atomic E-state index is 0.0484. The smallest absolute Gasteiger partial charge is 0.410 e. The van der Waals surface area contributed by atoms with Gasteiger partial charge in [-0.1, -0.05) is 118 Å². The Balaban J connectivity index is 1.70. The van der Waals surface area contributed by atoms with E-state index in [2.05, 4.69) is 26.6 Å². The molecule has 448 valence electrons. The van der Waals surface area contributed by atoms with E-state index in [-0.39, 0.29) is 61.5 Å². The zero-order chi connectivity index (χ0) is 60.1. The van der Waals surface area contributed by atoms with E-state index in [1.165, 1.54) is 26.2 Å². The van der Waals surface area contributed by atoms with E-state index in [4.69, 9.17) is 19.9 Å². The molecule has 1 aliphatic heterocycles. The third kappa shape index (κ3) is 19.5. The molecule has 1 saturated heterocycles. The first-order valence-corrected chi connectivity index (χ1v) is 28.3. The van der Waals surface area contributed by atoms with Gasteiger partial charge in [-0.3, -0.25) is 33.7 Å². The predicted octanol–water partition coefficient (Wildman–Crippen LogP) is 5.74. The maximum atomic E-state index is 14.7. The molecule has 2 aromatic carbocycles. The summed E-state index contributed by atoms with van der Waals surface area (Å²) in [6.07, 6.45) is -0.609. The van der Waals surface area contributed by atoms with Crippen molar-refractivity contribution in [2.75, 3.05) is 46.7 Å². The summed E-state index contributed by atoms with van der Waals surface area (Å²) in [6.45, 7) is 20.8. The number of hydrogen-bond acceptors (Lipinski definition) is 12. The number of likely N-dealkylation sites (tertiary alicyclic amines) is 1. The van der Waals surface area contributed by atoms with Gasteiger partial charge in [0.2, 0.25) is 35.4 Å². The second-order valence-electron chi connectivity index (χ2n) is 22.5. The Bertz CT molecular complexity index is 2320. The van der Waals surface area contributed by atoms with Crippen LogP contribution < -0.4 is 32.3 Å². The molecule has 3 unspecified atom stereocenters. The molecule has 21 heteroatoms. The van der Waals surface area contributed by atoms with E-state index in [9.17, 15) is 43.5 Å². The average molecular weight is 1120 g/mol. The van der Waals surface area contributed by atoms with Crippen LogP contribution in [0.5, 0.6) is 0 Å². The van der Waals surface area contributed by atoms with E-state index in [0.29, 0.717) is 49.0 Å². The van der Waals surface area contributed by atoms with Crippen LogP contribution in [0, 0.1) is 35.5 Å². The Hall–Kier alpha value is -6.32. The van der Waals surface area contributed by atoms with Crippen molar-refractivity contribution in [1.29, 1.82) is 0 Å². The molecule has 2 aromatic rings. The minimum atomic E-state index is -1.04. The number of primary amides is 1. The van der Waals surface area contributed by atoms with Gasteiger partial charge < -0.3 is 61.4 Å². The fourth-order valence-corrected chi connectivity index (χ4v) is 10.2. The van der Waals surface area contributed by atoms with Crippen LogP contribution in [0.3, 0.4) is 0 Å². The number of methoxy groups -OCH3 is 2. The number of amides is 9. The Morgan fingerprint density at radius 1 is 0.750 bits per heavy atom. The van der Waals surface area contributed by atoms with Gasteiger partial charge in [0.1, 0.15) is 24.7 Å². The molecule has 0 aromatic heterocycles. The first kappa shape index (κ1) is 68.0. The quantitative estimate of drug-likeness (QED) is 0.0445. The molecule has 0 radical (unpaired) electrons. The van der Waals surface area contributed by atoms with Crippen LogP contribution in [0.2, 0.25) is 0 Å². The van der Waals surface area contributed by atoms with Crippen LogP contribution in [-0.2, 0) is 49.6 Å². The number of urea groups is 1. The normalized spacial score (nSPS) is 17.6. The number of carbonyl (C=O) groups is 8. The van der Waals surface area contributed by atoms with Crippen molar-refractivity contribution in [2.24, 2.45) is 41.2 Å². The number of rotatable bonds is 31. The summed E-state index contributed by atoms with van der Waals surface area (Å²) in [5.41, 5.74) is 6.87. The Morgan fingerprint density at radius 3 is 1.93 bits per heavy atom. The maximum absolute atomic E-state index is 14.7. The zero-order valence-corrected chi connectivity index (χ0v) is 50.1. The van der Waals surface area contributed by atoms with Crippen molar-refractivity contribution in [3.05, 3.63) is 65.7 Å². The van der Waals surface area contributed by atoms with Crippen LogP contribution in [-0.4, -0.2) is 157 Å². The molecule has 0 aliphatic carbocycles. The first-order valence-electron chi connectivity index (χ1n) is 28.3. The zero-order valence-electron chi connectivity index (χ0n) is 50.1. The second-order valence-corrected chi connectivity index (χ2v) is 22.5. The topological polar surface area (TPSA) is 280 Å². The number of anilines is 1. The van der Waals surface area contributed by atoms with Crippen LogP contribution >= 0.6 is 0 Å². The summed E-state index contributed by atoms with van der Waals surface area (Å²) < 4.78 is 17.7. The van der Waals surface area contributed by atoms with Crippen molar-refractivity contribution < 1.29 is 57.7 Å². The lowest BCUT2D eigenvalue weighted by Gasteiger charge is -2.41. The Kier molecular flexibility index (Phi) is 27.9. The van der Waals surface area contributed by atoms with Gasteiger partial charge in [-0.25, -0.2) is 9.59 Å². The molecule has 9 amide bonds. The summed E-state index contributed by atoms with van der Waals surface area (Å²) in [5, 5.41) is 25.0. The third-order valence-corrected chi connectivity index (χ3v) is 15.7. The summed E-state index contributed by atoms with van der Waals surface area (Å²) in [4.78, 5) is 113. The fourth-order valence-electron chi connectivity index (χ4n) is 10.2. The van der Waals surface area contributed by atoms with E-state index < -0.39 is 102 Å². The lowest BCUT2D eigenvalue weighted by Crippen LogP contribution is -2.60. The maximum Gasteiger partial charge on any atom is 0.410 e. The van der Waals surface area contributed by atoms with Gasteiger partial charge >= 0.3 is 12.1 Å². The van der Waals surface area contributed by atoms with Crippen LogP contribution in [0.15, 0.2) is 54.6 Å². The number of benzene rings is 2. The number of nitrogens with zero attached hydrogens (tertiary/aromatic N) is 3. The summed E-state index contributed by atoms with van der Waals surface area (Å²) >= 11 is 0. The van der Waals surface area contributed by atoms with Crippen LogP contribution in [0.1, 0.15) is 132 Å². The van der Waals surface area contributed by atoms with E-state index in [0.717, 1.165) is 0 Å². The molecular formula is C59H95N9O12. The van der Waals surface area contributed by atoms with E-state index >= 15 is 0 Å². The molecule has 3 rings (SSSR count). The molecule has 1 fully saturated rings. The van der Waals surface area contributed by atoms with Crippen molar-refractivity contribution in [1.82, 2.24) is 36.0 Å². The van der Waals surface area contributed by atoms with Crippen molar-refractivity contribution >= 4 is 53.3 Å². The Labute approximate surface area is 474 Å². The number of carbonyl (C=O) groups excluding carboxylic acids is 8. The minimum Gasteiger partial charge on any atom is -0.445 e. The number of nitrogens with one attached hydrogen (secondary N) is 5. The van der Waals surface area contributed by atoms with Gasteiger partial charge in [-0.05, 0) is 79.5 Å². The van der Waals surface area contributed by atoms with Gasteiger partial charge in [0.25, 0.3) is 0 Å². The number of likely N-dealkylation sites (N-methyl/N-ethyl adjacent to an activating group) is 2. The molecule has 1 heterocycles. The average Bonchev–Trinajstić information content (AvgIpc) is 3.91. The fraction of sp³-hybridized carbons (Fsp3) is 0.661. The highest BCUT2D eigenvalue weighted by molar-refractivity contribution is 5.97. The molecule has 80 heavy (non-hydrogen) atoms. The van der Waals surface area contributed by atoms with Crippen molar-refractivity contribution in [3.63, 3.8) is 0 Å². The lowest BCUT2D eigenvalue weighted by molar-refractivity contribution is -0.148. The third-order valence-electron chi connectivity index (χ3n) is 15.7. The van der Waals surface area contributed by atoms with Gasteiger partial charge in [0, 0.05) is 53.0 Å². The SMILES string of the molecule is CC[C@H](C)C([C@@H](CC(=O)N1CCC[C@H]1[C@H](OC)[C@@H](C)C(=O)N[C@H](C)[C@@H](O)c1ccccc1)OC)N(C)C(=O)C(NC(=O)C(C(C)C)N(C)C(=O)OCc1ccc(NC(=O)[C@H](CCCNC(N)=O)NC(=O)[C@@H](C)C(C)C)cc1)C(C)C. The molecule has 12 atom stereocenters. The first-order chi connectivity index (χ1) is 37.7. The molecule has 21 nitrogen and oxygen atoms in total. The highest BCUT2D eigenvalue weighted by Crippen LogP contribution is 2.30. The van der Waals surface area contributed by atoms with Crippen LogP contribution in [0.4, 0.5) is 15.3 Å². The standard InChI is InChI=1S/C59H95N9O12/c1-16-37(8)50(46(78-14)32-47(69)68-31-21-25-45(68)52(79-15)39(10)54(72)62-40(11)51(70)42-22-18-17-19-23-42)66(12)57(75)48(35(4)5)65-56(74)49(36(6)7)67(13)59(77)80-33-41-26-28-43(29-27-41)63-55(73)44(24-20-30-61-58(60)76)64-53(71)38(9)34(2)3/h17-19,22-23,26-29,34-40,44-46,48-52,70H,16,20-21,24-25,30-33H2,1-15H3,(H,62,72)(H,63,73)(H,64,71)(H,65,74)(H3,60,61,76)/t37-,38-,39+,40+,44-,45-,46+,48?,49?,50?,51+,52+/m0/s1. The van der Waals surface area contributed by atoms with Gasteiger partial charge in [0.15, 0.2) is 0 Å². The van der Waals surface area contributed by atoms with Gasteiger partial charge in [-0.2, -0.15) is 0 Å². The highest BCUT2D eigenvalue weighted by Gasteiger charge is 2.44. The molecule has 1 aliphatic rings. The van der Waals surface area contributed by atoms with E-state index in [1.54, 1.807) is 87.9 Å². The Morgan fingerprint density at radius 2 is 1.38 bits per heavy atom. The predicted molar refractivity (Wildman–Crippen MR) is 306 cm³/mol. The number of nitrogens with two attached hydrogens (primary N) is 1. The highest BCUT2D eigenvalue weighted by atomic mass is 16.6. The second kappa shape index (κ2) is 32.8. The largest absolute Gasteiger partial charge is 0.445 e. The number of ether oxygens (including phenoxy) is 3. The van der Waals surface area contributed by atoms with Crippen LogP contribution in [0.25, 0.3) is 0 Å². The van der Waals surface area contributed by atoms with Crippen molar-refractivity contribution in [3.8, 4) is 0 Å².